The number of carbonyl (C=O) groups excluding carboxylic acids is 1. The van der Waals surface area contributed by atoms with Crippen molar-refractivity contribution in [2.45, 2.75) is 139 Å². The molecule has 192 valence electrons. The smallest absolute Gasteiger partial charge is 0.311 e. The number of hydrogen-bond acceptors (Lipinski definition) is 2. The van der Waals surface area contributed by atoms with Crippen molar-refractivity contribution in [3.63, 3.8) is 0 Å². The van der Waals surface area contributed by atoms with Gasteiger partial charge in [-0.3, -0.25) is 4.79 Å². The third-order valence-corrected chi connectivity index (χ3v) is 11.0. The summed E-state index contributed by atoms with van der Waals surface area (Å²) >= 11 is 0. The molecule has 0 saturated heterocycles. The lowest BCUT2D eigenvalue weighted by Gasteiger charge is -2.61. The van der Waals surface area contributed by atoms with Crippen molar-refractivity contribution in [2.75, 3.05) is 0 Å². The second kappa shape index (κ2) is 10.2. The molecular formula is C31H56O2. The summed E-state index contributed by atoms with van der Waals surface area (Å²) in [7, 11) is 0. The van der Waals surface area contributed by atoms with Crippen LogP contribution in [0.3, 0.4) is 0 Å². The van der Waals surface area contributed by atoms with Crippen LogP contribution in [0.4, 0.5) is 0 Å². The van der Waals surface area contributed by atoms with Gasteiger partial charge in [0, 0.05) is 0 Å². The van der Waals surface area contributed by atoms with E-state index in [2.05, 4.69) is 27.7 Å². The molecule has 0 aromatic heterocycles. The summed E-state index contributed by atoms with van der Waals surface area (Å²) < 4.78 is 6.00. The minimum Gasteiger partial charge on any atom is -0.462 e. The highest BCUT2D eigenvalue weighted by Crippen LogP contribution is 2.68. The Morgan fingerprint density at radius 3 is 2.21 bits per heavy atom. The van der Waals surface area contributed by atoms with E-state index in [9.17, 15) is 4.79 Å². The molecule has 2 heteroatoms. The molecule has 4 rings (SSSR count). The van der Waals surface area contributed by atoms with E-state index in [-0.39, 0.29) is 17.5 Å². The van der Waals surface area contributed by atoms with E-state index < -0.39 is 0 Å². The zero-order valence-corrected chi connectivity index (χ0v) is 23.6. The van der Waals surface area contributed by atoms with Gasteiger partial charge in [0.1, 0.15) is 6.10 Å². The molecule has 2 nitrogen and oxygen atoms in total. The Kier molecular flexibility index (Phi) is 8.38. The number of ether oxygens (including phenoxy) is 1. The van der Waals surface area contributed by atoms with Crippen LogP contribution >= 0.6 is 0 Å². The lowest BCUT2D eigenvalue weighted by Crippen LogP contribution is -2.54. The number of fused-ring (bicyclic) bond motifs is 5. The average Bonchev–Trinajstić information content (AvgIpc) is 3.12. The Hall–Kier alpha value is -0.530. The number of hydrogen-bond donors (Lipinski definition) is 0. The van der Waals surface area contributed by atoms with Crippen molar-refractivity contribution in [2.24, 2.45) is 51.8 Å². The van der Waals surface area contributed by atoms with Crippen molar-refractivity contribution in [3.05, 3.63) is 0 Å². The SMILES string of the molecule is CC.CCCC(C)C1CCC2C3CCC4CC(OC(=O)C(C)(C)C)CCC4(C)C3CCC12C. The van der Waals surface area contributed by atoms with Crippen LogP contribution in [0.15, 0.2) is 0 Å². The maximum Gasteiger partial charge on any atom is 0.311 e. The summed E-state index contributed by atoms with van der Waals surface area (Å²) in [5, 5.41) is 0. The Balaban J connectivity index is 0.00000149. The first-order valence-electron chi connectivity index (χ1n) is 14.7. The summed E-state index contributed by atoms with van der Waals surface area (Å²) in [4.78, 5) is 12.5. The molecule has 0 aliphatic heterocycles. The molecule has 9 unspecified atom stereocenters. The highest BCUT2D eigenvalue weighted by Gasteiger charge is 2.60. The molecule has 0 heterocycles. The van der Waals surface area contributed by atoms with Crippen LogP contribution in [0, 0.1) is 51.8 Å². The minimum atomic E-state index is -0.389. The summed E-state index contributed by atoms with van der Waals surface area (Å²) in [6.07, 6.45) is 15.0. The van der Waals surface area contributed by atoms with Gasteiger partial charge in [0.2, 0.25) is 0 Å². The summed E-state index contributed by atoms with van der Waals surface area (Å²) in [6.45, 7) is 20.2. The fraction of sp³-hybridized carbons (Fsp3) is 0.968. The van der Waals surface area contributed by atoms with E-state index in [1.807, 2.05) is 34.6 Å². The molecule has 0 aromatic carbocycles. The quantitative estimate of drug-likeness (QED) is 0.391. The molecule has 0 aromatic rings. The standard InChI is InChI=1S/C29H50O2.C2H6/c1-8-9-19(2)23-12-13-24-22-11-10-20-18-21(31-26(30)27(3,4)5)14-16-28(20,6)25(22)15-17-29(23,24)7;1-2/h19-25H,8-18H2,1-7H3;1-2H3. The fourth-order valence-corrected chi connectivity index (χ4v) is 9.29. The topological polar surface area (TPSA) is 26.3 Å². The van der Waals surface area contributed by atoms with Crippen LogP contribution in [-0.2, 0) is 9.53 Å². The van der Waals surface area contributed by atoms with E-state index in [0.717, 1.165) is 48.3 Å². The Morgan fingerprint density at radius 1 is 0.939 bits per heavy atom. The van der Waals surface area contributed by atoms with Crippen molar-refractivity contribution < 1.29 is 9.53 Å². The zero-order chi connectivity index (χ0) is 24.6. The molecule has 4 fully saturated rings. The lowest BCUT2D eigenvalue weighted by atomic mass is 9.44. The van der Waals surface area contributed by atoms with Gasteiger partial charge in [0.05, 0.1) is 5.41 Å². The predicted molar refractivity (Wildman–Crippen MR) is 140 cm³/mol. The predicted octanol–water partition coefficient (Wildman–Crippen LogP) is 9.07. The molecule has 9 atom stereocenters. The molecule has 4 aliphatic carbocycles. The van der Waals surface area contributed by atoms with Gasteiger partial charge in [0.15, 0.2) is 0 Å². The van der Waals surface area contributed by atoms with Gasteiger partial charge in [-0.2, -0.15) is 0 Å². The van der Waals surface area contributed by atoms with Gasteiger partial charge >= 0.3 is 5.97 Å². The van der Waals surface area contributed by atoms with Crippen molar-refractivity contribution in [1.29, 1.82) is 0 Å². The Bertz CT molecular complexity index is 662. The van der Waals surface area contributed by atoms with E-state index >= 15 is 0 Å². The van der Waals surface area contributed by atoms with E-state index in [1.54, 1.807) is 0 Å². The molecule has 0 N–H and O–H groups in total. The average molecular weight is 461 g/mol. The van der Waals surface area contributed by atoms with Gasteiger partial charge in [-0.25, -0.2) is 0 Å². The van der Waals surface area contributed by atoms with Gasteiger partial charge in [0.25, 0.3) is 0 Å². The van der Waals surface area contributed by atoms with Crippen LogP contribution in [0.25, 0.3) is 0 Å². The van der Waals surface area contributed by atoms with E-state index in [1.165, 1.54) is 57.8 Å². The lowest BCUT2D eigenvalue weighted by molar-refractivity contribution is -0.170. The van der Waals surface area contributed by atoms with Crippen LogP contribution in [-0.4, -0.2) is 12.1 Å². The summed E-state index contributed by atoms with van der Waals surface area (Å²) in [5.41, 5.74) is 0.681. The monoisotopic (exact) mass is 460 g/mol. The molecule has 0 bridgehead atoms. The maximum absolute atomic E-state index is 12.5. The molecule has 0 radical (unpaired) electrons. The number of carbonyl (C=O) groups is 1. The van der Waals surface area contributed by atoms with Crippen molar-refractivity contribution in [3.8, 4) is 0 Å². The first kappa shape index (κ1) is 27.1. The molecule has 33 heavy (non-hydrogen) atoms. The third kappa shape index (κ3) is 4.93. The first-order valence-corrected chi connectivity index (χ1v) is 14.7. The van der Waals surface area contributed by atoms with Gasteiger partial charge in [-0.1, -0.05) is 54.4 Å². The summed E-state index contributed by atoms with van der Waals surface area (Å²) in [6, 6.07) is 0. The van der Waals surface area contributed by atoms with Crippen LogP contribution in [0.1, 0.15) is 133 Å². The molecular weight excluding hydrogens is 404 g/mol. The van der Waals surface area contributed by atoms with Gasteiger partial charge in [-0.05, 0) is 125 Å². The molecule has 4 saturated carbocycles. The normalized spacial score (nSPS) is 43.3. The van der Waals surface area contributed by atoms with Crippen LogP contribution in [0.2, 0.25) is 0 Å². The highest BCUT2D eigenvalue weighted by atomic mass is 16.5. The Morgan fingerprint density at radius 2 is 1.58 bits per heavy atom. The Labute approximate surface area is 206 Å². The number of rotatable bonds is 4. The maximum atomic E-state index is 12.5. The van der Waals surface area contributed by atoms with Crippen molar-refractivity contribution in [1.82, 2.24) is 0 Å². The fourth-order valence-electron chi connectivity index (χ4n) is 9.29. The molecule has 4 aliphatic rings. The van der Waals surface area contributed by atoms with Crippen molar-refractivity contribution >= 4 is 5.97 Å². The first-order chi connectivity index (χ1) is 15.5. The molecule has 0 spiro atoms. The molecule has 0 amide bonds. The second-order valence-electron chi connectivity index (χ2n) is 13.7. The van der Waals surface area contributed by atoms with Gasteiger partial charge in [-0.15, -0.1) is 0 Å². The zero-order valence-electron chi connectivity index (χ0n) is 23.6. The van der Waals surface area contributed by atoms with E-state index in [0.29, 0.717) is 10.8 Å². The number of esters is 1. The highest BCUT2D eigenvalue weighted by molar-refractivity contribution is 5.75. The summed E-state index contributed by atoms with van der Waals surface area (Å²) in [5.74, 6) is 5.41. The van der Waals surface area contributed by atoms with Gasteiger partial charge < -0.3 is 4.74 Å². The van der Waals surface area contributed by atoms with E-state index in [4.69, 9.17) is 4.74 Å². The minimum absolute atomic E-state index is 0.0126. The van der Waals surface area contributed by atoms with Crippen LogP contribution < -0.4 is 0 Å². The third-order valence-electron chi connectivity index (χ3n) is 11.0. The largest absolute Gasteiger partial charge is 0.462 e. The van der Waals surface area contributed by atoms with Crippen LogP contribution in [0.5, 0.6) is 0 Å². The second-order valence-corrected chi connectivity index (χ2v) is 13.7.